The summed E-state index contributed by atoms with van der Waals surface area (Å²) in [7, 11) is 3.51. The predicted octanol–water partition coefficient (Wildman–Crippen LogP) is 3.50. The first-order valence-corrected chi connectivity index (χ1v) is 7.04. The summed E-state index contributed by atoms with van der Waals surface area (Å²) in [4.78, 5) is 4.13. The van der Waals surface area contributed by atoms with Gasteiger partial charge in [-0.1, -0.05) is 15.9 Å². The summed E-state index contributed by atoms with van der Waals surface area (Å²) >= 11 is 3.54. The van der Waals surface area contributed by atoms with E-state index in [0.29, 0.717) is 0 Å². The van der Waals surface area contributed by atoms with Gasteiger partial charge in [-0.3, -0.25) is 4.98 Å². The SMILES string of the molecule is CNC(Cc1cc(OC)ccc1Br)c1ccc(F)cn1. The van der Waals surface area contributed by atoms with Crippen LogP contribution in [0.1, 0.15) is 17.3 Å². The fourth-order valence-corrected chi connectivity index (χ4v) is 2.41. The maximum atomic E-state index is 12.9. The van der Waals surface area contributed by atoms with Gasteiger partial charge in [0.15, 0.2) is 0 Å². The number of aromatic nitrogens is 1. The third kappa shape index (κ3) is 3.55. The summed E-state index contributed by atoms with van der Waals surface area (Å²) in [6.45, 7) is 0. The molecule has 0 aliphatic heterocycles. The van der Waals surface area contributed by atoms with Crippen molar-refractivity contribution < 1.29 is 9.13 Å². The molecular weight excluding hydrogens is 323 g/mol. The first kappa shape index (κ1) is 14.9. The molecule has 1 heterocycles. The monoisotopic (exact) mass is 338 g/mol. The number of nitrogens with zero attached hydrogens (tertiary/aromatic N) is 1. The second-order valence-electron chi connectivity index (χ2n) is 4.40. The Balaban J connectivity index is 2.23. The van der Waals surface area contributed by atoms with Crippen molar-refractivity contribution in [3.05, 3.63) is 58.1 Å². The maximum absolute atomic E-state index is 12.9. The van der Waals surface area contributed by atoms with E-state index in [-0.39, 0.29) is 11.9 Å². The van der Waals surface area contributed by atoms with Crippen LogP contribution in [-0.4, -0.2) is 19.1 Å². The summed E-state index contributed by atoms with van der Waals surface area (Å²) in [6, 6.07) is 8.98. The Morgan fingerprint density at radius 1 is 1.35 bits per heavy atom. The minimum absolute atomic E-state index is 0.0130. The van der Waals surface area contributed by atoms with Crippen LogP contribution in [-0.2, 0) is 6.42 Å². The molecule has 0 fully saturated rings. The van der Waals surface area contributed by atoms with E-state index in [4.69, 9.17) is 4.74 Å². The highest BCUT2D eigenvalue weighted by molar-refractivity contribution is 9.10. The van der Waals surface area contributed by atoms with Crippen LogP contribution >= 0.6 is 15.9 Å². The lowest BCUT2D eigenvalue weighted by atomic mass is 10.0. The number of nitrogens with one attached hydrogen (secondary N) is 1. The number of ether oxygens (including phenoxy) is 1. The Bertz CT molecular complexity index is 575. The largest absolute Gasteiger partial charge is 0.497 e. The van der Waals surface area contributed by atoms with Gasteiger partial charge in [0, 0.05) is 4.47 Å². The molecule has 0 spiro atoms. The van der Waals surface area contributed by atoms with Crippen LogP contribution in [0.5, 0.6) is 5.75 Å². The van der Waals surface area contributed by atoms with Gasteiger partial charge in [0.2, 0.25) is 0 Å². The maximum Gasteiger partial charge on any atom is 0.141 e. The van der Waals surface area contributed by atoms with Crippen LogP contribution in [0.2, 0.25) is 0 Å². The molecular formula is C15H16BrFN2O. The van der Waals surface area contributed by atoms with Crippen molar-refractivity contribution in [3.8, 4) is 5.75 Å². The fraction of sp³-hybridized carbons (Fsp3) is 0.267. The number of pyridine rings is 1. The molecule has 1 aromatic heterocycles. The van der Waals surface area contributed by atoms with Crippen molar-refractivity contribution in [3.63, 3.8) is 0 Å². The number of rotatable bonds is 5. The van der Waals surface area contributed by atoms with E-state index < -0.39 is 0 Å². The number of hydrogen-bond acceptors (Lipinski definition) is 3. The molecule has 1 aromatic carbocycles. The average Bonchev–Trinajstić information content (AvgIpc) is 2.47. The molecule has 2 aromatic rings. The van der Waals surface area contributed by atoms with Gasteiger partial charge in [0.25, 0.3) is 0 Å². The highest BCUT2D eigenvalue weighted by Crippen LogP contribution is 2.26. The molecule has 5 heteroatoms. The topological polar surface area (TPSA) is 34.1 Å². The average molecular weight is 339 g/mol. The van der Waals surface area contributed by atoms with Gasteiger partial charge < -0.3 is 10.1 Å². The van der Waals surface area contributed by atoms with Crippen LogP contribution in [0.3, 0.4) is 0 Å². The molecule has 0 radical (unpaired) electrons. The molecule has 0 aliphatic carbocycles. The fourth-order valence-electron chi connectivity index (χ4n) is 2.00. The van der Waals surface area contributed by atoms with E-state index in [0.717, 1.165) is 27.9 Å². The third-order valence-electron chi connectivity index (χ3n) is 3.13. The van der Waals surface area contributed by atoms with E-state index >= 15 is 0 Å². The zero-order valence-electron chi connectivity index (χ0n) is 11.4. The first-order valence-electron chi connectivity index (χ1n) is 6.25. The lowest BCUT2D eigenvalue weighted by Crippen LogP contribution is -2.20. The van der Waals surface area contributed by atoms with Crippen molar-refractivity contribution >= 4 is 15.9 Å². The van der Waals surface area contributed by atoms with Crippen LogP contribution < -0.4 is 10.1 Å². The summed E-state index contributed by atoms with van der Waals surface area (Å²) in [6.07, 6.45) is 1.97. The van der Waals surface area contributed by atoms with Gasteiger partial charge in [-0.2, -0.15) is 0 Å². The van der Waals surface area contributed by atoms with Crippen molar-refractivity contribution in [2.24, 2.45) is 0 Å². The van der Waals surface area contributed by atoms with E-state index in [1.807, 2.05) is 25.2 Å². The molecule has 0 aliphatic rings. The van der Waals surface area contributed by atoms with Crippen molar-refractivity contribution in [2.45, 2.75) is 12.5 Å². The van der Waals surface area contributed by atoms with Crippen molar-refractivity contribution in [2.75, 3.05) is 14.2 Å². The van der Waals surface area contributed by atoms with E-state index in [9.17, 15) is 4.39 Å². The van der Waals surface area contributed by atoms with Crippen molar-refractivity contribution in [1.82, 2.24) is 10.3 Å². The quantitative estimate of drug-likeness (QED) is 0.905. The van der Waals surface area contributed by atoms with Crippen LogP contribution in [0.25, 0.3) is 0 Å². The minimum Gasteiger partial charge on any atom is -0.497 e. The second-order valence-corrected chi connectivity index (χ2v) is 5.26. The van der Waals surface area contributed by atoms with E-state index in [2.05, 4.69) is 26.2 Å². The molecule has 1 atom stereocenters. The predicted molar refractivity (Wildman–Crippen MR) is 80.4 cm³/mol. The molecule has 0 amide bonds. The van der Waals surface area contributed by atoms with Crippen LogP contribution in [0.15, 0.2) is 41.0 Å². The number of likely N-dealkylation sites (N-methyl/N-ethyl adjacent to an activating group) is 1. The zero-order valence-corrected chi connectivity index (χ0v) is 12.9. The van der Waals surface area contributed by atoms with E-state index in [1.54, 1.807) is 13.2 Å². The molecule has 3 nitrogen and oxygen atoms in total. The Labute approximate surface area is 126 Å². The molecule has 0 saturated heterocycles. The van der Waals surface area contributed by atoms with Gasteiger partial charge in [-0.15, -0.1) is 0 Å². The number of hydrogen-bond donors (Lipinski definition) is 1. The standard InChI is InChI=1S/C15H16BrFN2O/c1-18-15(14-6-3-11(17)9-19-14)8-10-7-12(20-2)4-5-13(10)16/h3-7,9,15,18H,8H2,1-2H3. The highest BCUT2D eigenvalue weighted by Gasteiger charge is 2.14. The minimum atomic E-state index is -0.328. The van der Waals surface area contributed by atoms with Gasteiger partial charge in [-0.25, -0.2) is 4.39 Å². The van der Waals surface area contributed by atoms with Gasteiger partial charge in [-0.05, 0) is 49.4 Å². The van der Waals surface area contributed by atoms with Crippen LogP contribution in [0, 0.1) is 5.82 Å². The first-order chi connectivity index (χ1) is 9.63. The molecule has 0 bridgehead atoms. The molecule has 20 heavy (non-hydrogen) atoms. The van der Waals surface area contributed by atoms with Gasteiger partial charge in [0.1, 0.15) is 11.6 Å². The molecule has 2 rings (SSSR count). The lowest BCUT2D eigenvalue weighted by molar-refractivity contribution is 0.413. The van der Waals surface area contributed by atoms with Crippen molar-refractivity contribution in [1.29, 1.82) is 0 Å². The lowest BCUT2D eigenvalue weighted by Gasteiger charge is -2.17. The Hall–Kier alpha value is -1.46. The Morgan fingerprint density at radius 2 is 2.15 bits per heavy atom. The molecule has 1 N–H and O–H groups in total. The van der Waals surface area contributed by atoms with Gasteiger partial charge >= 0.3 is 0 Å². The highest BCUT2D eigenvalue weighted by atomic mass is 79.9. The Kier molecular flexibility index (Phi) is 5.09. The van der Waals surface area contributed by atoms with E-state index in [1.165, 1.54) is 12.3 Å². The number of benzene rings is 1. The smallest absolute Gasteiger partial charge is 0.141 e. The number of halogens is 2. The molecule has 0 saturated carbocycles. The zero-order chi connectivity index (χ0) is 14.5. The van der Waals surface area contributed by atoms with Crippen LogP contribution in [0.4, 0.5) is 4.39 Å². The number of methoxy groups -OCH3 is 1. The third-order valence-corrected chi connectivity index (χ3v) is 3.91. The molecule has 106 valence electrons. The Morgan fingerprint density at radius 3 is 2.75 bits per heavy atom. The molecule has 1 unspecified atom stereocenters. The second kappa shape index (κ2) is 6.81. The summed E-state index contributed by atoms with van der Waals surface area (Å²) in [5, 5.41) is 3.20. The summed E-state index contributed by atoms with van der Waals surface area (Å²) in [5.74, 6) is 0.483. The summed E-state index contributed by atoms with van der Waals surface area (Å²) < 4.78 is 19.2. The summed E-state index contributed by atoms with van der Waals surface area (Å²) in [5.41, 5.74) is 1.92. The normalized spacial score (nSPS) is 12.2. The van der Waals surface area contributed by atoms with Gasteiger partial charge in [0.05, 0.1) is 25.0 Å².